The Morgan fingerprint density at radius 1 is 1.33 bits per heavy atom. The topological polar surface area (TPSA) is 61.0 Å². The van der Waals surface area contributed by atoms with Crippen LogP contribution in [0.25, 0.3) is 20.7 Å². The van der Waals surface area contributed by atoms with Gasteiger partial charge in [-0.15, -0.1) is 22.7 Å². The standard InChI is InChI=1S/C17H20N4OS2/c1-2-11-13(12-5-3-10-23-12)14-15(22)19-17(20-16(14)24-11)21-8-4-6-18-7-9-21/h3,5,10,18H,2,4,6-9H2,1H3,(H,19,20,22). The van der Waals surface area contributed by atoms with Gasteiger partial charge >= 0.3 is 0 Å². The van der Waals surface area contributed by atoms with Crippen molar-refractivity contribution in [2.45, 2.75) is 19.8 Å². The highest BCUT2D eigenvalue weighted by atomic mass is 32.1. The number of hydrogen-bond acceptors (Lipinski definition) is 6. The smallest absolute Gasteiger partial charge is 0.261 e. The fourth-order valence-corrected chi connectivity index (χ4v) is 5.17. The van der Waals surface area contributed by atoms with Crippen LogP contribution in [0.3, 0.4) is 0 Å². The van der Waals surface area contributed by atoms with Crippen LogP contribution in [0.2, 0.25) is 0 Å². The predicted molar refractivity (Wildman–Crippen MR) is 103 cm³/mol. The number of hydrogen-bond donors (Lipinski definition) is 2. The van der Waals surface area contributed by atoms with Crippen LogP contribution >= 0.6 is 22.7 Å². The van der Waals surface area contributed by atoms with Crippen molar-refractivity contribution in [2.75, 3.05) is 31.1 Å². The highest BCUT2D eigenvalue weighted by molar-refractivity contribution is 7.20. The lowest BCUT2D eigenvalue weighted by molar-refractivity contribution is 0.724. The maximum absolute atomic E-state index is 12.8. The zero-order valence-corrected chi connectivity index (χ0v) is 15.2. The molecule has 1 aliphatic heterocycles. The Bertz CT molecular complexity index is 889. The fraction of sp³-hybridized carbons (Fsp3) is 0.412. The van der Waals surface area contributed by atoms with Gasteiger partial charge in [-0.2, -0.15) is 0 Å². The van der Waals surface area contributed by atoms with Gasteiger partial charge in [-0.05, 0) is 30.8 Å². The molecule has 4 rings (SSSR count). The quantitative estimate of drug-likeness (QED) is 0.754. The molecule has 0 aliphatic carbocycles. The summed E-state index contributed by atoms with van der Waals surface area (Å²) in [5, 5.41) is 6.18. The maximum Gasteiger partial charge on any atom is 0.261 e. The molecule has 0 amide bonds. The van der Waals surface area contributed by atoms with Gasteiger partial charge in [-0.25, -0.2) is 4.98 Å². The summed E-state index contributed by atoms with van der Waals surface area (Å²) in [6, 6.07) is 4.11. The lowest BCUT2D eigenvalue weighted by Crippen LogP contribution is -2.30. The van der Waals surface area contributed by atoms with E-state index in [1.165, 1.54) is 4.88 Å². The first-order valence-corrected chi connectivity index (χ1v) is 10.0. The molecular formula is C17H20N4OS2. The van der Waals surface area contributed by atoms with E-state index in [1.54, 1.807) is 22.7 Å². The van der Waals surface area contributed by atoms with Gasteiger partial charge < -0.3 is 10.2 Å². The number of thiophene rings is 2. The Balaban J connectivity index is 1.86. The zero-order valence-electron chi connectivity index (χ0n) is 13.6. The van der Waals surface area contributed by atoms with E-state index in [4.69, 9.17) is 4.98 Å². The summed E-state index contributed by atoms with van der Waals surface area (Å²) in [5.41, 5.74) is 1.05. The van der Waals surface area contributed by atoms with Crippen molar-refractivity contribution in [3.63, 3.8) is 0 Å². The maximum atomic E-state index is 12.8. The Morgan fingerprint density at radius 3 is 3.04 bits per heavy atom. The third-order valence-electron chi connectivity index (χ3n) is 4.35. The molecule has 4 heterocycles. The largest absolute Gasteiger partial charge is 0.341 e. The van der Waals surface area contributed by atoms with Crippen molar-refractivity contribution in [2.24, 2.45) is 0 Å². The van der Waals surface area contributed by atoms with Crippen LogP contribution in [-0.2, 0) is 6.42 Å². The van der Waals surface area contributed by atoms with Crippen LogP contribution in [-0.4, -0.2) is 36.1 Å². The molecule has 0 aromatic carbocycles. The van der Waals surface area contributed by atoms with Gasteiger partial charge in [-0.3, -0.25) is 9.78 Å². The first kappa shape index (κ1) is 15.8. The van der Waals surface area contributed by atoms with Crippen LogP contribution < -0.4 is 15.8 Å². The molecule has 1 fully saturated rings. The van der Waals surface area contributed by atoms with E-state index in [1.807, 2.05) is 6.07 Å². The van der Waals surface area contributed by atoms with E-state index in [2.05, 4.69) is 33.6 Å². The minimum absolute atomic E-state index is 0.0217. The molecule has 0 unspecified atom stereocenters. The van der Waals surface area contributed by atoms with E-state index < -0.39 is 0 Å². The second kappa shape index (κ2) is 6.66. The molecule has 3 aromatic heterocycles. The molecule has 0 saturated carbocycles. The second-order valence-electron chi connectivity index (χ2n) is 5.89. The van der Waals surface area contributed by atoms with Crippen LogP contribution in [0.15, 0.2) is 22.3 Å². The summed E-state index contributed by atoms with van der Waals surface area (Å²) in [7, 11) is 0. The lowest BCUT2D eigenvalue weighted by Gasteiger charge is -2.20. The summed E-state index contributed by atoms with van der Waals surface area (Å²) in [6.07, 6.45) is 1.98. The summed E-state index contributed by atoms with van der Waals surface area (Å²) in [5.74, 6) is 0.706. The lowest BCUT2D eigenvalue weighted by atomic mass is 10.1. The molecule has 0 radical (unpaired) electrons. The molecule has 24 heavy (non-hydrogen) atoms. The van der Waals surface area contributed by atoms with Gasteiger partial charge in [0.25, 0.3) is 5.56 Å². The number of aromatic amines is 1. The van der Waals surface area contributed by atoms with Gasteiger partial charge in [-0.1, -0.05) is 13.0 Å². The fourth-order valence-electron chi connectivity index (χ4n) is 3.18. The van der Waals surface area contributed by atoms with Crippen LogP contribution in [0.4, 0.5) is 5.95 Å². The number of H-pyrrole nitrogens is 1. The first-order valence-electron chi connectivity index (χ1n) is 8.33. The molecule has 2 N–H and O–H groups in total. The number of aromatic nitrogens is 2. The molecule has 5 nitrogen and oxygen atoms in total. The van der Waals surface area contributed by atoms with Crippen molar-refractivity contribution in [1.82, 2.24) is 15.3 Å². The second-order valence-corrected chi connectivity index (χ2v) is 7.92. The normalized spacial score (nSPS) is 15.8. The predicted octanol–water partition coefficient (Wildman–Crippen LogP) is 3.08. The van der Waals surface area contributed by atoms with E-state index in [-0.39, 0.29) is 5.56 Å². The molecule has 1 saturated heterocycles. The van der Waals surface area contributed by atoms with Crippen molar-refractivity contribution in [3.05, 3.63) is 32.7 Å². The first-order chi connectivity index (χ1) is 11.8. The Labute approximate surface area is 148 Å². The zero-order chi connectivity index (χ0) is 16.5. The monoisotopic (exact) mass is 360 g/mol. The summed E-state index contributed by atoms with van der Waals surface area (Å²) in [6.45, 7) is 5.87. The van der Waals surface area contributed by atoms with Crippen LogP contribution in [0, 0.1) is 0 Å². The number of fused-ring (bicyclic) bond motifs is 1. The van der Waals surface area contributed by atoms with E-state index in [0.717, 1.165) is 59.7 Å². The average molecular weight is 361 g/mol. The summed E-state index contributed by atoms with van der Waals surface area (Å²) in [4.78, 5) is 26.1. The van der Waals surface area contributed by atoms with Gasteiger partial charge in [0.1, 0.15) is 4.83 Å². The van der Waals surface area contributed by atoms with Crippen LogP contribution in [0.1, 0.15) is 18.2 Å². The average Bonchev–Trinajstić information content (AvgIpc) is 3.14. The number of rotatable bonds is 3. The Kier molecular flexibility index (Phi) is 4.39. The van der Waals surface area contributed by atoms with Crippen molar-refractivity contribution in [3.8, 4) is 10.4 Å². The van der Waals surface area contributed by atoms with E-state index in [0.29, 0.717) is 5.95 Å². The third-order valence-corrected chi connectivity index (χ3v) is 6.47. The van der Waals surface area contributed by atoms with Crippen molar-refractivity contribution >= 4 is 38.8 Å². The minimum Gasteiger partial charge on any atom is -0.341 e. The highest BCUT2D eigenvalue weighted by Crippen LogP contribution is 2.39. The number of nitrogens with one attached hydrogen (secondary N) is 2. The van der Waals surface area contributed by atoms with Gasteiger partial charge in [0.15, 0.2) is 0 Å². The summed E-state index contributed by atoms with van der Waals surface area (Å²) < 4.78 is 0. The number of nitrogens with zero attached hydrogens (tertiary/aromatic N) is 2. The Hall–Kier alpha value is -1.70. The molecular weight excluding hydrogens is 340 g/mol. The molecule has 0 bridgehead atoms. The van der Waals surface area contributed by atoms with Crippen molar-refractivity contribution < 1.29 is 0 Å². The van der Waals surface area contributed by atoms with Crippen molar-refractivity contribution in [1.29, 1.82) is 0 Å². The Morgan fingerprint density at radius 2 is 2.25 bits per heavy atom. The molecule has 126 valence electrons. The molecule has 1 aliphatic rings. The third kappa shape index (κ3) is 2.76. The number of aryl methyl sites for hydroxylation is 1. The minimum atomic E-state index is -0.0217. The van der Waals surface area contributed by atoms with E-state index in [9.17, 15) is 4.79 Å². The highest BCUT2D eigenvalue weighted by Gasteiger charge is 2.20. The number of anilines is 1. The molecule has 7 heteroatoms. The SMILES string of the molecule is CCc1sc2nc(N3CCCNCC3)[nH]c(=O)c2c1-c1cccs1. The molecule has 0 spiro atoms. The van der Waals surface area contributed by atoms with Gasteiger partial charge in [0.2, 0.25) is 5.95 Å². The molecule has 0 atom stereocenters. The van der Waals surface area contributed by atoms with Gasteiger partial charge in [0, 0.05) is 35.0 Å². The van der Waals surface area contributed by atoms with Gasteiger partial charge in [0.05, 0.1) is 5.39 Å². The molecule has 3 aromatic rings. The van der Waals surface area contributed by atoms with E-state index >= 15 is 0 Å². The van der Waals surface area contributed by atoms with Crippen LogP contribution in [0.5, 0.6) is 0 Å². The summed E-state index contributed by atoms with van der Waals surface area (Å²) >= 11 is 3.33.